The molecule has 0 radical (unpaired) electrons. The average Bonchev–Trinajstić information content (AvgIpc) is 3.26. The first-order valence-corrected chi connectivity index (χ1v) is 11.0. The predicted molar refractivity (Wildman–Crippen MR) is 135 cm³/mol. The minimum Gasteiger partial charge on any atom is -0.497 e. The van der Waals surface area contributed by atoms with Crippen LogP contribution in [0.15, 0.2) is 77.4 Å². The van der Waals surface area contributed by atoms with Crippen LogP contribution >= 0.6 is 0 Å². The van der Waals surface area contributed by atoms with Crippen molar-refractivity contribution in [3.8, 4) is 28.4 Å². The number of hydrogen-bond acceptors (Lipinski definition) is 5. The van der Waals surface area contributed by atoms with Gasteiger partial charge < -0.3 is 23.9 Å². The van der Waals surface area contributed by atoms with E-state index in [-0.39, 0.29) is 5.91 Å². The Balaban J connectivity index is 1.73. The molecular weight excluding hydrogens is 430 g/mol. The molecule has 34 heavy (non-hydrogen) atoms. The van der Waals surface area contributed by atoms with E-state index in [1.165, 1.54) is 0 Å². The highest BCUT2D eigenvalue weighted by Crippen LogP contribution is 2.40. The summed E-state index contributed by atoms with van der Waals surface area (Å²) in [7, 11) is 3.24. The summed E-state index contributed by atoms with van der Waals surface area (Å²) >= 11 is 0. The molecule has 174 valence electrons. The molecular formula is C28H27NO5. The fraction of sp³-hybridized carbons (Fsp3) is 0.179. The van der Waals surface area contributed by atoms with Gasteiger partial charge >= 0.3 is 0 Å². The predicted octanol–water partition coefficient (Wildman–Crippen LogP) is 6.56. The number of nitrogens with one attached hydrogen (secondary N) is 1. The second kappa shape index (κ2) is 10.2. The van der Waals surface area contributed by atoms with Crippen molar-refractivity contribution in [3.63, 3.8) is 0 Å². The molecule has 6 heteroatoms. The van der Waals surface area contributed by atoms with E-state index >= 15 is 0 Å². The summed E-state index contributed by atoms with van der Waals surface area (Å²) in [6.07, 6.45) is 3.28. The van der Waals surface area contributed by atoms with Crippen molar-refractivity contribution in [2.75, 3.05) is 26.1 Å². The molecule has 1 N–H and O–H groups in total. The van der Waals surface area contributed by atoms with E-state index in [2.05, 4.69) is 5.32 Å². The lowest BCUT2D eigenvalue weighted by Gasteiger charge is -2.12. The molecule has 4 rings (SSSR count). The number of furan rings is 1. The number of carbonyl (C=O) groups is 1. The zero-order valence-corrected chi connectivity index (χ0v) is 19.7. The standard InChI is InChI=1S/C28H27NO5/c1-5-33-26-16-27-23(24(17-34-27)21-11-6-7-12-25(21)32-4)15-22(26)18(2)13-28(30)29-19-9-8-10-20(14-19)31-3/h6-17H,5H2,1-4H3,(H,29,30)/b18-13+. The first-order valence-electron chi connectivity index (χ1n) is 11.0. The van der Waals surface area contributed by atoms with Gasteiger partial charge in [0.05, 0.1) is 27.1 Å². The number of carbonyl (C=O) groups excluding carboxylic acids is 1. The van der Waals surface area contributed by atoms with Crippen LogP contribution in [0, 0.1) is 0 Å². The third-order valence-corrected chi connectivity index (χ3v) is 5.48. The molecule has 1 heterocycles. The molecule has 1 aromatic heterocycles. The Kier molecular flexibility index (Phi) is 6.87. The van der Waals surface area contributed by atoms with Gasteiger partial charge in [0.25, 0.3) is 0 Å². The quantitative estimate of drug-likeness (QED) is 0.304. The van der Waals surface area contributed by atoms with Gasteiger partial charge in [0.15, 0.2) is 0 Å². The van der Waals surface area contributed by atoms with Crippen molar-refractivity contribution < 1.29 is 23.4 Å². The number of amides is 1. The van der Waals surface area contributed by atoms with Crippen molar-refractivity contribution in [2.24, 2.45) is 0 Å². The molecule has 3 aromatic carbocycles. The summed E-state index contributed by atoms with van der Waals surface area (Å²) in [6, 6.07) is 18.9. The van der Waals surface area contributed by atoms with Gasteiger partial charge in [-0.2, -0.15) is 0 Å². The number of rotatable bonds is 8. The van der Waals surface area contributed by atoms with Gasteiger partial charge in [0.2, 0.25) is 5.91 Å². The lowest BCUT2D eigenvalue weighted by molar-refractivity contribution is -0.111. The lowest BCUT2D eigenvalue weighted by atomic mass is 9.98. The summed E-state index contributed by atoms with van der Waals surface area (Å²) in [5.41, 5.74) is 4.76. The molecule has 0 unspecified atom stereocenters. The van der Waals surface area contributed by atoms with Crippen LogP contribution in [0.25, 0.3) is 27.7 Å². The van der Waals surface area contributed by atoms with E-state index in [0.29, 0.717) is 29.4 Å². The zero-order chi connectivity index (χ0) is 24.1. The molecule has 0 saturated carbocycles. The third-order valence-electron chi connectivity index (χ3n) is 5.48. The van der Waals surface area contributed by atoms with E-state index in [4.69, 9.17) is 18.6 Å². The van der Waals surface area contributed by atoms with E-state index in [1.807, 2.05) is 68.4 Å². The molecule has 0 aliphatic heterocycles. The molecule has 0 spiro atoms. The van der Waals surface area contributed by atoms with Crippen molar-refractivity contribution >= 4 is 28.1 Å². The Bertz CT molecular complexity index is 1350. The van der Waals surface area contributed by atoms with Crippen molar-refractivity contribution in [2.45, 2.75) is 13.8 Å². The largest absolute Gasteiger partial charge is 0.497 e. The second-order valence-electron chi connectivity index (χ2n) is 7.68. The van der Waals surface area contributed by atoms with Crippen LogP contribution in [0.3, 0.4) is 0 Å². The highest BCUT2D eigenvalue weighted by Gasteiger charge is 2.17. The van der Waals surface area contributed by atoms with Crippen molar-refractivity contribution in [3.05, 3.63) is 78.6 Å². The second-order valence-corrected chi connectivity index (χ2v) is 7.68. The third kappa shape index (κ3) is 4.76. The summed E-state index contributed by atoms with van der Waals surface area (Å²) in [5, 5.41) is 3.79. The number of anilines is 1. The minimum atomic E-state index is -0.245. The number of ether oxygens (including phenoxy) is 3. The van der Waals surface area contributed by atoms with Gasteiger partial charge in [0, 0.05) is 46.0 Å². The molecule has 4 aromatic rings. The molecule has 1 amide bonds. The fourth-order valence-electron chi connectivity index (χ4n) is 3.87. The monoisotopic (exact) mass is 457 g/mol. The maximum absolute atomic E-state index is 12.7. The van der Waals surface area contributed by atoms with E-state index in [0.717, 1.165) is 33.4 Å². The summed E-state index contributed by atoms with van der Waals surface area (Å²) in [6.45, 7) is 4.30. The van der Waals surface area contributed by atoms with Gasteiger partial charge in [0.1, 0.15) is 22.8 Å². The summed E-state index contributed by atoms with van der Waals surface area (Å²) in [5.74, 6) is 1.83. The highest BCUT2D eigenvalue weighted by atomic mass is 16.5. The van der Waals surface area contributed by atoms with Gasteiger partial charge in [-0.15, -0.1) is 0 Å². The average molecular weight is 458 g/mol. The fourth-order valence-corrected chi connectivity index (χ4v) is 3.87. The number of hydrogen-bond donors (Lipinski definition) is 1. The van der Waals surface area contributed by atoms with Crippen molar-refractivity contribution in [1.29, 1.82) is 0 Å². The molecule has 0 saturated heterocycles. The SMILES string of the molecule is CCOc1cc2occ(-c3ccccc3OC)c2cc1/C(C)=C/C(=O)Nc1cccc(OC)c1. The summed E-state index contributed by atoms with van der Waals surface area (Å²) in [4.78, 5) is 12.7. The Morgan fingerprint density at radius 2 is 1.79 bits per heavy atom. The van der Waals surface area contributed by atoms with Crippen LogP contribution in [0.5, 0.6) is 17.2 Å². The topological polar surface area (TPSA) is 69.9 Å². The van der Waals surface area contributed by atoms with Gasteiger partial charge in [-0.3, -0.25) is 4.79 Å². The van der Waals surface area contributed by atoms with Crippen LogP contribution in [-0.2, 0) is 4.79 Å². The van der Waals surface area contributed by atoms with E-state index < -0.39 is 0 Å². The first kappa shape index (κ1) is 23.0. The Labute approximate surface area is 198 Å². The molecule has 0 bridgehead atoms. The highest BCUT2D eigenvalue weighted by molar-refractivity contribution is 6.05. The number of para-hydroxylation sites is 1. The van der Waals surface area contributed by atoms with Gasteiger partial charge in [-0.25, -0.2) is 0 Å². The molecule has 0 aliphatic carbocycles. The van der Waals surface area contributed by atoms with Crippen LogP contribution in [0.1, 0.15) is 19.4 Å². The number of allylic oxidation sites excluding steroid dienone is 1. The lowest BCUT2D eigenvalue weighted by Crippen LogP contribution is -2.08. The normalized spacial score (nSPS) is 11.4. The Morgan fingerprint density at radius 1 is 0.971 bits per heavy atom. The number of fused-ring (bicyclic) bond motifs is 1. The van der Waals surface area contributed by atoms with Gasteiger partial charge in [-0.05, 0) is 43.7 Å². The Hall–Kier alpha value is -4.19. The molecule has 0 aliphatic rings. The number of methoxy groups -OCH3 is 2. The van der Waals surface area contributed by atoms with Gasteiger partial charge in [-0.1, -0.05) is 24.3 Å². The van der Waals surface area contributed by atoms with Crippen LogP contribution in [0.4, 0.5) is 5.69 Å². The zero-order valence-electron chi connectivity index (χ0n) is 19.7. The van der Waals surface area contributed by atoms with Crippen LogP contribution < -0.4 is 19.5 Å². The van der Waals surface area contributed by atoms with E-state index in [9.17, 15) is 4.79 Å². The van der Waals surface area contributed by atoms with E-state index in [1.54, 1.807) is 32.6 Å². The summed E-state index contributed by atoms with van der Waals surface area (Å²) < 4.78 is 22.5. The smallest absolute Gasteiger partial charge is 0.248 e. The molecule has 0 atom stereocenters. The molecule has 6 nitrogen and oxygen atoms in total. The Morgan fingerprint density at radius 3 is 2.56 bits per heavy atom. The minimum absolute atomic E-state index is 0.245. The maximum Gasteiger partial charge on any atom is 0.248 e. The first-order chi connectivity index (χ1) is 16.5. The van der Waals surface area contributed by atoms with Crippen molar-refractivity contribution in [1.82, 2.24) is 0 Å². The number of benzene rings is 3. The molecule has 0 fully saturated rings. The maximum atomic E-state index is 12.7. The van der Waals surface area contributed by atoms with Crippen LogP contribution in [-0.4, -0.2) is 26.7 Å². The van der Waals surface area contributed by atoms with Crippen LogP contribution in [0.2, 0.25) is 0 Å².